The van der Waals surface area contributed by atoms with Crippen molar-refractivity contribution in [2.24, 2.45) is 5.73 Å². The summed E-state index contributed by atoms with van der Waals surface area (Å²) in [4.78, 5) is 0. The second-order valence-electron chi connectivity index (χ2n) is 3.65. The lowest BCUT2D eigenvalue weighted by Gasteiger charge is -2.10. The van der Waals surface area contributed by atoms with E-state index in [1.54, 1.807) is 0 Å². The van der Waals surface area contributed by atoms with Gasteiger partial charge in [0, 0.05) is 0 Å². The largest absolute Gasteiger partial charge is 0.492 e. The number of aliphatic hydroxyl groups excluding tert-OH is 1. The molecule has 0 aliphatic heterocycles. The van der Waals surface area contributed by atoms with Gasteiger partial charge >= 0.3 is 0 Å². The highest BCUT2D eigenvalue weighted by molar-refractivity contribution is 5.27. The van der Waals surface area contributed by atoms with E-state index in [4.69, 9.17) is 15.6 Å². The SMILES string of the molecule is CCCc1ccc(OCC(N)CO)cc1. The van der Waals surface area contributed by atoms with Gasteiger partial charge in [-0.3, -0.25) is 0 Å². The molecule has 0 saturated carbocycles. The molecule has 0 bridgehead atoms. The van der Waals surface area contributed by atoms with Crippen LogP contribution < -0.4 is 10.5 Å². The number of ether oxygens (including phenoxy) is 1. The topological polar surface area (TPSA) is 55.5 Å². The van der Waals surface area contributed by atoms with E-state index in [0.717, 1.165) is 18.6 Å². The summed E-state index contributed by atoms with van der Waals surface area (Å²) >= 11 is 0. The van der Waals surface area contributed by atoms with Gasteiger partial charge in [0.15, 0.2) is 0 Å². The van der Waals surface area contributed by atoms with Crippen LogP contribution in [0.1, 0.15) is 18.9 Å². The number of aliphatic hydroxyl groups is 1. The molecule has 0 heterocycles. The maximum Gasteiger partial charge on any atom is 0.119 e. The van der Waals surface area contributed by atoms with Crippen LogP contribution in [0.25, 0.3) is 0 Å². The number of hydrogen-bond donors (Lipinski definition) is 2. The van der Waals surface area contributed by atoms with Crippen LogP contribution in [0, 0.1) is 0 Å². The first kappa shape index (κ1) is 12.0. The fourth-order valence-electron chi connectivity index (χ4n) is 1.30. The molecule has 0 spiro atoms. The van der Waals surface area contributed by atoms with E-state index < -0.39 is 0 Å². The summed E-state index contributed by atoms with van der Waals surface area (Å²) in [6.07, 6.45) is 2.24. The minimum absolute atomic E-state index is 0.0477. The molecule has 1 aromatic carbocycles. The maximum atomic E-state index is 8.72. The summed E-state index contributed by atoms with van der Waals surface area (Å²) < 4.78 is 5.41. The molecule has 0 fully saturated rings. The zero-order valence-corrected chi connectivity index (χ0v) is 9.15. The van der Waals surface area contributed by atoms with Gasteiger partial charge in [-0.1, -0.05) is 25.5 Å². The lowest BCUT2D eigenvalue weighted by molar-refractivity contribution is 0.206. The van der Waals surface area contributed by atoms with Crippen LogP contribution in [0.4, 0.5) is 0 Å². The Morgan fingerprint density at radius 3 is 2.53 bits per heavy atom. The fraction of sp³-hybridized carbons (Fsp3) is 0.500. The molecule has 0 aliphatic carbocycles. The maximum absolute atomic E-state index is 8.72. The van der Waals surface area contributed by atoms with Crippen molar-refractivity contribution in [1.29, 1.82) is 0 Å². The van der Waals surface area contributed by atoms with E-state index in [0.29, 0.717) is 6.61 Å². The standard InChI is InChI=1S/C12H19NO2/c1-2-3-10-4-6-12(7-5-10)15-9-11(13)8-14/h4-7,11,14H,2-3,8-9,13H2,1H3. The summed E-state index contributed by atoms with van der Waals surface area (Å²) in [5.74, 6) is 0.804. The molecule has 3 nitrogen and oxygen atoms in total. The van der Waals surface area contributed by atoms with Crippen LogP contribution in [-0.4, -0.2) is 24.4 Å². The van der Waals surface area contributed by atoms with Crippen molar-refractivity contribution in [3.63, 3.8) is 0 Å². The third kappa shape index (κ3) is 4.32. The van der Waals surface area contributed by atoms with E-state index in [1.165, 1.54) is 5.56 Å². The molecule has 0 amide bonds. The Hall–Kier alpha value is -1.06. The Labute approximate surface area is 90.9 Å². The van der Waals surface area contributed by atoms with Crippen molar-refractivity contribution in [3.8, 4) is 5.75 Å². The van der Waals surface area contributed by atoms with E-state index in [9.17, 15) is 0 Å². The number of hydrogen-bond acceptors (Lipinski definition) is 3. The highest BCUT2D eigenvalue weighted by atomic mass is 16.5. The Morgan fingerprint density at radius 1 is 1.33 bits per heavy atom. The molecule has 15 heavy (non-hydrogen) atoms. The third-order valence-corrected chi connectivity index (χ3v) is 2.16. The summed E-state index contributed by atoms with van der Waals surface area (Å²) in [5.41, 5.74) is 6.84. The number of aryl methyl sites for hydroxylation is 1. The van der Waals surface area contributed by atoms with E-state index >= 15 is 0 Å². The van der Waals surface area contributed by atoms with Crippen LogP contribution >= 0.6 is 0 Å². The van der Waals surface area contributed by atoms with Gasteiger partial charge in [0.05, 0.1) is 12.6 Å². The molecule has 0 aromatic heterocycles. The van der Waals surface area contributed by atoms with Crippen LogP contribution in [-0.2, 0) is 6.42 Å². The van der Waals surface area contributed by atoms with Crippen molar-refractivity contribution in [3.05, 3.63) is 29.8 Å². The molecular formula is C12H19NO2. The molecule has 1 rings (SSSR count). The molecule has 0 aliphatic rings. The van der Waals surface area contributed by atoms with Crippen LogP contribution in [0.5, 0.6) is 5.75 Å². The summed E-state index contributed by atoms with van der Waals surface area (Å²) in [5, 5.41) is 8.72. The Morgan fingerprint density at radius 2 is 2.00 bits per heavy atom. The predicted octanol–water partition coefficient (Wildman–Crippen LogP) is 1.34. The van der Waals surface area contributed by atoms with Crippen LogP contribution in [0.2, 0.25) is 0 Å². The molecular weight excluding hydrogens is 190 g/mol. The van der Waals surface area contributed by atoms with Gasteiger partial charge in [-0.05, 0) is 24.1 Å². The number of benzene rings is 1. The van der Waals surface area contributed by atoms with Crippen LogP contribution in [0.3, 0.4) is 0 Å². The molecule has 0 radical (unpaired) electrons. The minimum Gasteiger partial charge on any atom is -0.492 e. The molecule has 84 valence electrons. The Balaban J connectivity index is 2.42. The zero-order valence-electron chi connectivity index (χ0n) is 9.15. The van der Waals surface area contributed by atoms with Gasteiger partial charge in [0.1, 0.15) is 12.4 Å². The molecule has 1 aromatic rings. The zero-order chi connectivity index (χ0) is 11.1. The molecule has 1 unspecified atom stereocenters. The minimum atomic E-state index is -0.305. The first-order valence-corrected chi connectivity index (χ1v) is 5.34. The van der Waals surface area contributed by atoms with E-state index in [-0.39, 0.29) is 12.6 Å². The fourth-order valence-corrected chi connectivity index (χ4v) is 1.30. The van der Waals surface area contributed by atoms with Gasteiger partial charge in [0.2, 0.25) is 0 Å². The average molecular weight is 209 g/mol. The molecule has 0 saturated heterocycles. The summed E-state index contributed by atoms with van der Waals surface area (Å²) in [6.45, 7) is 2.46. The second-order valence-corrected chi connectivity index (χ2v) is 3.65. The second kappa shape index (κ2) is 6.43. The highest BCUT2D eigenvalue weighted by Crippen LogP contribution is 2.13. The lowest BCUT2D eigenvalue weighted by Crippen LogP contribution is -2.31. The average Bonchev–Trinajstić information content (AvgIpc) is 2.28. The number of rotatable bonds is 6. The van der Waals surface area contributed by atoms with Gasteiger partial charge in [0.25, 0.3) is 0 Å². The van der Waals surface area contributed by atoms with Crippen molar-refractivity contribution in [2.45, 2.75) is 25.8 Å². The number of nitrogens with two attached hydrogens (primary N) is 1. The summed E-state index contributed by atoms with van der Waals surface area (Å²) in [6, 6.07) is 7.69. The first-order chi connectivity index (χ1) is 7.26. The monoisotopic (exact) mass is 209 g/mol. The van der Waals surface area contributed by atoms with Crippen molar-refractivity contribution < 1.29 is 9.84 Å². The quantitative estimate of drug-likeness (QED) is 0.743. The summed E-state index contributed by atoms with van der Waals surface area (Å²) in [7, 11) is 0. The predicted molar refractivity (Wildman–Crippen MR) is 61.0 cm³/mol. The Kier molecular flexibility index (Phi) is 5.15. The van der Waals surface area contributed by atoms with E-state index in [1.807, 2.05) is 12.1 Å². The van der Waals surface area contributed by atoms with Gasteiger partial charge in [-0.15, -0.1) is 0 Å². The van der Waals surface area contributed by atoms with Crippen molar-refractivity contribution in [1.82, 2.24) is 0 Å². The molecule has 3 N–H and O–H groups in total. The molecule has 3 heteroatoms. The molecule has 1 atom stereocenters. The van der Waals surface area contributed by atoms with Gasteiger partial charge in [-0.25, -0.2) is 0 Å². The van der Waals surface area contributed by atoms with Crippen molar-refractivity contribution >= 4 is 0 Å². The first-order valence-electron chi connectivity index (χ1n) is 5.34. The van der Waals surface area contributed by atoms with Crippen LogP contribution in [0.15, 0.2) is 24.3 Å². The smallest absolute Gasteiger partial charge is 0.119 e. The van der Waals surface area contributed by atoms with Gasteiger partial charge in [-0.2, -0.15) is 0 Å². The third-order valence-electron chi connectivity index (χ3n) is 2.16. The Bertz CT molecular complexity index is 271. The van der Waals surface area contributed by atoms with Crippen molar-refractivity contribution in [2.75, 3.05) is 13.2 Å². The van der Waals surface area contributed by atoms with E-state index in [2.05, 4.69) is 19.1 Å². The highest BCUT2D eigenvalue weighted by Gasteiger charge is 2.01. The normalized spacial score (nSPS) is 12.5. The van der Waals surface area contributed by atoms with Gasteiger partial charge < -0.3 is 15.6 Å². The lowest BCUT2D eigenvalue weighted by atomic mass is 10.1.